The molecule has 35 heavy (non-hydrogen) atoms. The predicted molar refractivity (Wildman–Crippen MR) is 132 cm³/mol. The zero-order valence-corrected chi connectivity index (χ0v) is 19.6. The summed E-state index contributed by atoms with van der Waals surface area (Å²) in [5, 5.41) is 2.54. The molecule has 0 bridgehead atoms. The first-order valence-corrected chi connectivity index (χ1v) is 12.2. The summed E-state index contributed by atoms with van der Waals surface area (Å²) in [4.78, 5) is 16.4. The normalized spacial score (nSPS) is 15.2. The number of aromatic nitrogens is 1. The van der Waals surface area contributed by atoms with Crippen LogP contribution in [0.15, 0.2) is 96.0 Å². The number of urea groups is 1. The van der Waals surface area contributed by atoms with Gasteiger partial charge in [-0.3, -0.25) is 0 Å². The molecule has 0 radical (unpaired) electrons. The summed E-state index contributed by atoms with van der Waals surface area (Å²) in [6.07, 6.45) is -0.658. The Hall–Kier alpha value is -3.65. The second-order valence-electron chi connectivity index (χ2n) is 8.21. The molecular formula is C27H22F3N3OS. The second kappa shape index (κ2) is 9.19. The highest BCUT2D eigenvalue weighted by Gasteiger charge is 2.36. The van der Waals surface area contributed by atoms with Gasteiger partial charge >= 0.3 is 12.2 Å². The number of fused-ring (bicyclic) bond motifs is 3. The molecule has 2 heterocycles. The minimum absolute atomic E-state index is 0.229. The van der Waals surface area contributed by atoms with Gasteiger partial charge in [-0.15, -0.1) is 11.8 Å². The van der Waals surface area contributed by atoms with Gasteiger partial charge in [-0.05, 0) is 59.8 Å². The Morgan fingerprint density at radius 3 is 2.40 bits per heavy atom. The molecule has 5 rings (SSSR count). The van der Waals surface area contributed by atoms with Crippen LogP contribution in [0.5, 0.6) is 0 Å². The number of benzene rings is 3. The van der Waals surface area contributed by atoms with E-state index in [1.807, 2.05) is 77.7 Å². The van der Waals surface area contributed by atoms with Gasteiger partial charge in [-0.2, -0.15) is 13.2 Å². The standard InChI is InChI=1S/C27H22F3N3OS/c1-35-20-14-12-18(13-15-20)25-24-11-6-16-32(24)23-10-5-2-7-19(23)17-33(25)26(34)31-22-9-4-3-8-21(22)27(28,29)30/h2-16,25H,17H2,1H3,(H,31,34)/t25-/m0/s1. The first kappa shape index (κ1) is 23.1. The number of hydrogen-bond acceptors (Lipinski definition) is 2. The number of halogens is 3. The molecule has 0 saturated carbocycles. The van der Waals surface area contributed by atoms with E-state index in [0.717, 1.165) is 33.5 Å². The summed E-state index contributed by atoms with van der Waals surface area (Å²) in [7, 11) is 0. The summed E-state index contributed by atoms with van der Waals surface area (Å²) in [5.74, 6) is 0. The van der Waals surface area contributed by atoms with Gasteiger partial charge in [-0.1, -0.05) is 42.5 Å². The van der Waals surface area contributed by atoms with Crippen LogP contribution < -0.4 is 5.32 Å². The molecule has 178 valence electrons. The van der Waals surface area contributed by atoms with Crippen molar-refractivity contribution in [1.82, 2.24) is 9.47 Å². The van der Waals surface area contributed by atoms with Crippen LogP contribution in [0.25, 0.3) is 5.69 Å². The number of amides is 2. The maximum absolute atomic E-state index is 13.7. The molecule has 0 aliphatic carbocycles. The number of nitrogens with one attached hydrogen (secondary N) is 1. The molecule has 0 unspecified atom stereocenters. The van der Waals surface area contributed by atoms with E-state index >= 15 is 0 Å². The lowest BCUT2D eigenvalue weighted by atomic mass is 10.0. The highest BCUT2D eigenvalue weighted by atomic mass is 32.2. The number of nitrogens with zero attached hydrogens (tertiary/aromatic N) is 2. The third-order valence-corrected chi connectivity index (χ3v) is 6.87. The van der Waals surface area contributed by atoms with Crippen LogP contribution in [-0.4, -0.2) is 21.8 Å². The quantitative estimate of drug-likeness (QED) is 0.303. The van der Waals surface area contributed by atoms with E-state index < -0.39 is 23.8 Å². The Morgan fingerprint density at radius 2 is 1.66 bits per heavy atom. The van der Waals surface area contributed by atoms with Crippen LogP contribution in [-0.2, 0) is 12.7 Å². The van der Waals surface area contributed by atoms with Crippen LogP contribution in [0.2, 0.25) is 0 Å². The van der Waals surface area contributed by atoms with E-state index in [4.69, 9.17) is 0 Å². The van der Waals surface area contributed by atoms with Gasteiger partial charge in [0.1, 0.15) is 0 Å². The number of rotatable bonds is 3. The molecule has 1 aliphatic rings. The summed E-state index contributed by atoms with van der Waals surface area (Å²) < 4.78 is 42.8. The van der Waals surface area contributed by atoms with Gasteiger partial charge in [-0.25, -0.2) is 4.79 Å². The molecule has 1 N–H and O–H groups in total. The molecule has 0 saturated heterocycles. The summed E-state index contributed by atoms with van der Waals surface area (Å²) in [6.45, 7) is 0.229. The number of carbonyl (C=O) groups excluding carboxylic acids is 1. The molecule has 1 aliphatic heterocycles. The Labute approximate surface area is 205 Å². The fourth-order valence-electron chi connectivity index (χ4n) is 4.50. The Balaban J connectivity index is 1.62. The smallest absolute Gasteiger partial charge is 0.318 e. The van der Waals surface area contributed by atoms with E-state index in [1.54, 1.807) is 16.7 Å². The molecule has 2 amide bonds. The number of anilines is 1. The highest BCUT2D eigenvalue weighted by molar-refractivity contribution is 7.98. The minimum Gasteiger partial charge on any atom is -0.318 e. The predicted octanol–water partition coefficient (Wildman–Crippen LogP) is 7.36. The number of carbonyl (C=O) groups is 1. The van der Waals surface area contributed by atoms with E-state index in [1.165, 1.54) is 18.2 Å². The van der Waals surface area contributed by atoms with Gasteiger partial charge in [0.15, 0.2) is 0 Å². The fourth-order valence-corrected chi connectivity index (χ4v) is 4.91. The average molecular weight is 494 g/mol. The lowest BCUT2D eigenvalue weighted by molar-refractivity contribution is -0.136. The third kappa shape index (κ3) is 4.41. The Bertz CT molecular complexity index is 1360. The van der Waals surface area contributed by atoms with Crippen molar-refractivity contribution in [3.8, 4) is 5.69 Å². The van der Waals surface area contributed by atoms with Crippen molar-refractivity contribution in [1.29, 1.82) is 0 Å². The SMILES string of the molecule is CSc1ccc([C@H]2c3cccn3-c3ccccc3CN2C(=O)Nc2ccccc2C(F)(F)F)cc1. The number of para-hydroxylation sites is 2. The molecule has 0 spiro atoms. The van der Waals surface area contributed by atoms with Crippen molar-refractivity contribution >= 4 is 23.5 Å². The first-order chi connectivity index (χ1) is 16.9. The minimum atomic E-state index is -4.59. The molecule has 3 aromatic carbocycles. The van der Waals surface area contributed by atoms with Crippen molar-refractivity contribution in [3.05, 3.63) is 114 Å². The lowest BCUT2D eigenvalue weighted by Gasteiger charge is -2.31. The molecule has 8 heteroatoms. The van der Waals surface area contributed by atoms with E-state index in [2.05, 4.69) is 5.32 Å². The van der Waals surface area contributed by atoms with Gasteiger partial charge < -0.3 is 14.8 Å². The second-order valence-corrected chi connectivity index (χ2v) is 9.09. The Kier molecular flexibility index (Phi) is 6.06. The molecule has 4 nitrogen and oxygen atoms in total. The molecule has 4 aromatic rings. The molecule has 0 fully saturated rings. The van der Waals surface area contributed by atoms with Crippen molar-refractivity contribution in [2.45, 2.75) is 23.7 Å². The van der Waals surface area contributed by atoms with Crippen molar-refractivity contribution in [2.75, 3.05) is 11.6 Å². The molecule has 1 aromatic heterocycles. The van der Waals surface area contributed by atoms with E-state index in [9.17, 15) is 18.0 Å². The van der Waals surface area contributed by atoms with Crippen LogP contribution >= 0.6 is 11.8 Å². The van der Waals surface area contributed by atoms with Gasteiger partial charge in [0.2, 0.25) is 0 Å². The lowest BCUT2D eigenvalue weighted by Crippen LogP contribution is -2.38. The van der Waals surface area contributed by atoms with Gasteiger partial charge in [0.05, 0.1) is 29.5 Å². The fraction of sp³-hybridized carbons (Fsp3) is 0.148. The van der Waals surface area contributed by atoms with Gasteiger partial charge in [0, 0.05) is 16.8 Å². The van der Waals surface area contributed by atoms with Crippen LogP contribution in [0, 0.1) is 0 Å². The topological polar surface area (TPSA) is 37.3 Å². The average Bonchev–Trinajstić information content (AvgIpc) is 3.28. The molecule has 1 atom stereocenters. The van der Waals surface area contributed by atoms with Gasteiger partial charge in [0.25, 0.3) is 0 Å². The van der Waals surface area contributed by atoms with Crippen LogP contribution in [0.4, 0.5) is 23.7 Å². The summed E-state index contributed by atoms with van der Waals surface area (Å²) in [5.41, 5.74) is 2.40. The highest BCUT2D eigenvalue weighted by Crippen LogP contribution is 2.39. The largest absolute Gasteiger partial charge is 0.418 e. The number of hydrogen-bond donors (Lipinski definition) is 1. The number of thioether (sulfide) groups is 1. The zero-order valence-electron chi connectivity index (χ0n) is 18.8. The maximum atomic E-state index is 13.7. The summed E-state index contributed by atoms with van der Waals surface area (Å²) >= 11 is 1.61. The van der Waals surface area contributed by atoms with Crippen molar-refractivity contribution in [2.24, 2.45) is 0 Å². The maximum Gasteiger partial charge on any atom is 0.418 e. The monoisotopic (exact) mass is 493 g/mol. The zero-order chi connectivity index (χ0) is 24.6. The van der Waals surface area contributed by atoms with Crippen LogP contribution in [0.3, 0.4) is 0 Å². The van der Waals surface area contributed by atoms with Crippen LogP contribution in [0.1, 0.15) is 28.4 Å². The first-order valence-electron chi connectivity index (χ1n) is 11.0. The summed E-state index contributed by atoms with van der Waals surface area (Å²) in [6, 6.07) is 23.4. The van der Waals surface area contributed by atoms with E-state index in [0.29, 0.717) is 0 Å². The van der Waals surface area contributed by atoms with E-state index in [-0.39, 0.29) is 12.2 Å². The Morgan fingerprint density at radius 1 is 0.943 bits per heavy atom. The number of alkyl halides is 3. The van der Waals surface area contributed by atoms with Crippen molar-refractivity contribution in [3.63, 3.8) is 0 Å². The van der Waals surface area contributed by atoms with Crippen molar-refractivity contribution < 1.29 is 18.0 Å². The third-order valence-electron chi connectivity index (χ3n) is 6.13. The molecular weight excluding hydrogens is 471 g/mol.